The number of amides is 1. The molecule has 0 saturated heterocycles. The standard InChI is InChI=1S/C16H15FN2O/c17-12-2-1-3-15(10-12)18-13-6-8-14(9-7-13)19-16(20)11-4-5-11/h1-3,6-11,18H,4-5H2,(H,19,20). The summed E-state index contributed by atoms with van der Waals surface area (Å²) in [5.74, 6) is 0.0132. The lowest BCUT2D eigenvalue weighted by Gasteiger charge is -2.08. The Kier molecular flexibility index (Phi) is 3.37. The van der Waals surface area contributed by atoms with Gasteiger partial charge in [0, 0.05) is 23.0 Å². The summed E-state index contributed by atoms with van der Waals surface area (Å²) >= 11 is 0. The molecule has 1 saturated carbocycles. The van der Waals surface area contributed by atoms with Crippen molar-refractivity contribution in [2.24, 2.45) is 5.92 Å². The van der Waals surface area contributed by atoms with Crippen LogP contribution in [0.5, 0.6) is 0 Å². The van der Waals surface area contributed by atoms with Crippen LogP contribution in [0.3, 0.4) is 0 Å². The summed E-state index contributed by atoms with van der Waals surface area (Å²) < 4.78 is 13.1. The van der Waals surface area contributed by atoms with E-state index in [4.69, 9.17) is 0 Å². The van der Waals surface area contributed by atoms with Crippen LogP contribution in [0.1, 0.15) is 12.8 Å². The number of anilines is 3. The maximum atomic E-state index is 13.1. The van der Waals surface area contributed by atoms with Gasteiger partial charge in [0.25, 0.3) is 0 Å². The zero-order valence-corrected chi connectivity index (χ0v) is 10.9. The van der Waals surface area contributed by atoms with Gasteiger partial charge in [0.2, 0.25) is 5.91 Å². The summed E-state index contributed by atoms with van der Waals surface area (Å²) in [6.45, 7) is 0. The summed E-state index contributed by atoms with van der Waals surface area (Å²) in [5.41, 5.74) is 2.33. The molecule has 4 heteroatoms. The molecule has 1 fully saturated rings. The summed E-state index contributed by atoms with van der Waals surface area (Å²) in [6.07, 6.45) is 1.98. The number of nitrogens with one attached hydrogen (secondary N) is 2. The number of hydrogen-bond donors (Lipinski definition) is 2. The first kappa shape index (κ1) is 12.7. The van der Waals surface area contributed by atoms with Crippen LogP contribution >= 0.6 is 0 Å². The molecular weight excluding hydrogens is 255 g/mol. The number of carbonyl (C=O) groups excluding carboxylic acids is 1. The number of benzene rings is 2. The fourth-order valence-electron chi connectivity index (χ4n) is 1.96. The highest BCUT2D eigenvalue weighted by atomic mass is 19.1. The molecule has 0 radical (unpaired) electrons. The molecule has 2 aromatic carbocycles. The first-order chi connectivity index (χ1) is 9.70. The van der Waals surface area contributed by atoms with Gasteiger partial charge in [0.15, 0.2) is 0 Å². The fourth-order valence-corrected chi connectivity index (χ4v) is 1.96. The Morgan fingerprint density at radius 1 is 1.00 bits per heavy atom. The molecule has 2 N–H and O–H groups in total. The second-order valence-electron chi connectivity index (χ2n) is 4.98. The predicted octanol–water partition coefficient (Wildman–Crippen LogP) is 3.92. The van der Waals surface area contributed by atoms with E-state index in [2.05, 4.69) is 10.6 Å². The molecule has 0 spiro atoms. The highest BCUT2D eigenvalue weighted by Crippen LogP contribution is 2.30. The van der Waals surface area contributed by atoms with Crippen molar-refractivity contribution in [2.45, 2.75) is 12.8 Å². The molecule has 1 amide bonds. The molecule has 0 unspecified atom stereocenters. The molecule has 1 aliphatic carbocycles. The lowest BCUT2D eigenvalue weighted by atomic mass is 10.2. The third-order valence-corrected chi connectivity index (χ3v) is 3.21. The molecule has 2 aromatic rings. The van der Waals surface area contributed by atoms with Gasteiger partial charge in [-0.2, -0.15) is 0 Å². The van der Waals surface area contributed by atoms with Crippen LogP contribution in [0.25, 0.3) is 0 Å². The minimum atomic E-state index is -0.275. The summed E-state index contributed by atoms with van der Waals surface area (Å²) in [7, 11) is 0. The van der Waals surface area contributed by atoms with Crippen molar-refractivity contribution in [3.8, 4) is 0 Å². The fraction of sp³-hybridized carbons (Fsp3) is 0.188. The van der Waals surface area contributed by atoms with Crippen molar-refractivity contribution in [3.63, 3.8) is 0 Å². The molecule has 0 bridgehead atoms. The van der Waals surface area contributed by atoms with Gasteiger partial charge in [-0.1, -0.05) is 6.07 Å². The van der Waals surface area contributed by atoms with Gasteiger partial charge >= 0.3 is 0 Å². The highest BCUT2D eigenvalue weighted by Gasteiger charge is 2.29. The maximum absolute atomic E-state index is 13.1. The van der Waals surface area contributed by atoms with Gasteiger partial charge in [-0.3, -0.25) is 4.79 Å². The van der Waals surface area contributed by atoms with Crippen LogP contribution in [0.4, 0.5) is 21.5 Å². The van der Waals surface area contributed by atoms with E-state index >= 15 is 0 Å². The summed E-state index contributed by atoms with van der Waals surface area (Å²) in [4.78, 5) is 11.6. The molecule has 0 atom stereocenters. The number of carbonyl (C=O) groups is 1. The molecule has 3 rings (SSSR count). The van der Waals surface area contributed by atoms with Crippen LogP contribution < -0.4 is 10.6 Å². The predicted molar refractivity (Wildman–Crippen MR) is 77.5 cm³/mol. The van der Waals surface area contributed by atoms with Crippen molar-refractivity contribution in [1.82, 2.24) is 0 Å². The molecule has 0 heterocycles. The monoisotopic (exact) mass is 270 g/mol. The van der Waals surface area contributed by atoms with Gasteiger partial charge < -0.3 is 10.6 Å². The summed E-state index contributed by atoms with van der Waals surface area (Å²) in [5, 5.41) is 5.99. The van der Waals surface area contributed by atoms with Crippen molar-refractivity contribution in [3.05, 3.63) is 54.3 Å². The van der Waals surface area contributed by atoms with Gasteiger partial charge in [-0.05, 0) is 55.3 Å². The second-order valence-corrected chi connectivity index (χ2v) is 4.98. The van der Waals surface area contributed by atoms with Crippen molar-refractivity contribution >= 4 is 23.0 Å². The van der Waals surface area contributed by atoms with E-state index in [1.54, 1.807) is 12.1 Å². The smallest absolute Gasteiger partial charge is 0.227 e. The van der Waals surface area contributed by atoms with Crippen molar-refractivity contribution in [1.29, 1.82) is 0 Å². The first-order valence-electron chi connectivity index (χ1n) is 6.64. The van der Waals surface area contributed by atoms with Crippen LogP contribution in [0.15, 0.2) is 48.5 Å². The normalized spacial score (nSPS) is 13.8. The lowest BCUT2D eigenvalue weighted by molar-refractivity contribution is -0.117. The Morgan fingerprint density at radius 3 is 2.35 bits per heavy atom. The van der Waals surface area contributed by atoms with Crippen LogP contribution in [0, 0.1) is 11.7 Å². The van der Waals surface area contributed by atoms with Gasteiger partial charge in [-0.15, -0.1) is 0 Å². The van der Waals surface area contributed by atoms with E-state index in [0.29, 0.717) is 5.69 Å². The Labute approximate surface area is 116 Å². The lowest BCUT2D eigenvalue weighted by Crippen LogP contribution is -2.13. The minimum absolute atomic E-state index is 0.0934. The van der Waals surface area contributed by atoms with Gasteiger partial charge in [0.05, 0.1) is 0 Å². The van der Waals surface area contributed by atoms with E-state index in [-0.39, 0.29) is 17.6 Å². The van der Waals surface area contributed by atoms with Crippen LogP contribution in [-0.2, 0) is 4.79 Å². The van der Waals surface area contributed by atoms with Crippen LogP contribution in [0.2, 0.25) is 0 Å². The molecular formula is C16H15FN2O. The number of hydrogen-bond acceptors (Lipinski definition) is 2. The van der Waals surface area contributed by atoms with Gasteiger partial charge in [0.1, 0.15) is 5.82 Å². The highest BCUT2D eigenvalue weighted by molar-refractivity contribution is 5.94. The number of halogens is 1. The quantitative estimate of drug-likeness (QED) is 0.884. The van der Waals surface area contributed by atoms with Crippen molar-refractivity contribution in [2.75, 3.05) is 10.6 Å². The molecule has 3 nitrogen and oxygen atoms in total. The second kappa shape index (κ2) is 5.33. The Morgan fingerprint density at radius 2 is 1.70 bits per heavy atom. The van der Waals surface area contributed by atoms with E-state index in [0.717, 1.165) is 24.2 Å². The van der Waals surface area contributed by atoms with Crippen LogP contribution in [-0.4, -0.2) is 5.91 Å². The Hall–Kier alpha value is -2.36. The third kappa shape index (κ3) is 3.15. The maximum Gasteiger partial charge on any atom is 0.227 e. The minimum Gasteiger partial charge on any atom is -0.355 e. The molecule has 1 aliphatic rings. The third-order valence-electron chi connectivity index (χ3n) is 3.21. The molecule has 0 aromatic heterocycles. The van der Waals surface area contributed by atoms with Gasteiger partial charge in [-0.25, -0.2) is 4.39 Å². The largest absolute Gasteiger partial charge is 0.355 e. The average molecular weight is 270 g/mol. The molecule has 0 aliphatic heterocycles. The summed E-state index contributed by atoms with van der Waals surface area (Å²) in [6, 6.07) is 13.7. The SMILES string of the molecule is O=C(Nc1ccc(Nc2cccc(F)c2)cc1)C1CC1. The average Bonchev–Trinajstić information content (AvgIpc) is 3.25. The van der Waals surface area contributed by atoms with E-state index in [1.807, 2.05) is 24.3 Å². The Bertz CT molecular complexity index is 621. The molecule has 20 heavy (non-hydrogen) atoms. The van der Waals surface area contributed by atoms with E-state index in [9.17, 15) is 9.18 Å². The van der Waals surface area contributed by atoms with E-state index < -0.39 is 0 Å². The Balaban J connectivity index is 1.65. The van der Waals surface area contributed by atoms with E-state index in [1.165, 1.54) is 12.1 Å². The zero-order chi connectivity index (χ0) is 13.9. The molecule has 102 valence electrons. The zero-order valence-electron chi connectivity index (χ0n) is 10.9. The number of rotatable bonds is 4. The topological polar surface area (TPSA) is 41.1 Å². The first-order valence-corrected chi connectivity index (χ1v) is 6.64. The van der Waals surface area contributed by atoms with Crippen molar-refractivity contribution < 1.29 is 9.18 Å².